The lowest BCUT2D eigenvalue weighted by Crippen LogP contribution is -2.34. The highest BCUT2D eigenvalue weighted by molar-refractivity contribution is 6.31. The summed E-state index contributed by atoms with van der Waals surface area (Å²) >= 11 is 12.2. The Morgan fingerprint density at radius 3 is 2.21 bits per heavy atom. The van der Waals surface area contributed by atoms with E-state index in [4.69, 9.17) is 32.7 Å². The molecule has 5 rings (SSSR count). The first-order valence-corrected chi connectivity index (χ1v) is 11.9. The number of benzene rings is 3. The first kappa shape index (κ1) is 25.7. The van der Waals surface area contributed by atoms with Gasteiger partial charge in [0.05, 0.1) is 17.3 Å². The van der Waals surface area contributed by atoms with Crippen LogP contribution in [0.2, 0.25) is 10.0 Å². The van der Waals surface area contributed by atoms with E-state index in [9.17, 15) is 22.8 Å². The summed E-state index contributed by atoms with van der Waals surface area (Å²) in [7, 11) is 0. The van der Waals surface area contributed by atoms with Crippen LogP contribution in [0, 0.1) is 0 Å². The molecule has 0 fully saturated rings. The SMILES string of the molecule is O=C(NC1c2ccc(Cl)cc2Oc2cc(Cl)ccc21)c1ccc(COc2cccc(C(F)(F)F)c2)[nH]c1=O. The van der Waals surface area contributed by atoms with E-state index in [1.54, 1.807) is 36.4 Å². The second kappa shape index (κ2) is 10.1. The van der Waals surface area contributed by atoms with Crippen molar-refractivity contribution >= 4 is 29.1 Å². The molecule has 194 valence electrons. The van der Waals surface area contributed by atoms with Crippen molar-refractivity contribution in [1.82, 2.24) is 10.3 Å². The largest absolute Gasteiger partial charge is 0.487 e. The van der Waals surface area contributed by atoms with E-state index in [-0.39, 0.29) is 23.6 Å². The number of hydrogen-bond donors (Lipinski definition) is 2. The third kappa shape index (κ3) is 5.34. The molecule has 1 amide bonds. The third-order valence-electron chi connectivity index (χ3n) is 5.84. The van der Waals surface area contributed by atoms with Crippen LogP contribution in [-0.4, -0.2) is 10.9 Å². The molecule has 0 radical (unpaired) electrons. The average Bonchev–Trinajstić information content (AvgIpc) is 2.86. The van der Waals surface area contributed by atoms with E-state index in [1.165, 1.54) is 24.3 Å². The van der Waals surface area contributed by atoms with Crippen molar-refractivity contribution in [2.45, 2.75) is 18.8 Å². The number of halogens is 5. The number of amides is 1. The van der Waals surface area contributed by atoms with Crippen LogP contribution in [0.1, 0.15) is 38.8 Å². The van der Waals surface area contributed by atoms with Gasteiger partial charge in [0, 0.05) is 21.2 Å². The summed E-state index contributed by atoms with van der Waals surface area (Å²) in [5, 5.41) is 3.75. The summed E-state index contributed by atoms with van der Waals surface area (Å²) in [4.78, 5) is 28.4. The lowest BCUT2D eigenvalue weighted by Gasteiger charge is -2.29. The molecule has 4 aromatic rings. The highest BCUT2D eigenvalue weighted by atomic mass is 35.5. The Balaban J connectivity index is 1.35. The van der Waals surface area contributed by atoms with Gasteiger partial charge in [-0.3, -0.25) is 9.59 Å². The number of nitrogens with one attached hydrogen (secondary N) is 2. The average molecular weight is 561 g/mol. The Morgan fingerprint density at radius 2 is 1.61 bits per heavy atom. The monoisotopic (exact) mass is 560 g/mol. The molecule has 0 bridgehead atoms. The molecule has 0 saturated carbocycles. The molecular formula is C27H17Cl2F3N2O4. The van der Waals surface area contributed by atoms with Crippen molar-refractivity contribution in [3.63, 3.8) is 0 Å². The first-order valence-electron chi connectivity index (χ1n) is 11.2. The molecule has 0 aliphatic carbocycles. The van der Waals surface area contributed by atoms with E-state index in [1.807, 2.05) is 0 Å². The first-order chi connectivity index (χ1) is 18.1. The minimum atomic E-state index is -4.51. The van der Waals surface area contributed by atoms with Crippen molar-refractivity contribution < 1.29 is 27.4 Å². The maximum Gasteiger partial charge on any atom is 0.416 e. The highest BCUT2D eigenvalue weighted by Crippen LogP contribution is 2.44. The number of pyridine rings is 1. The number of carbonyl (C=O) groups excluding carboxylic acids is 1. The number of carbonyl (C=O) groups is 1. The fraction of sp³-hybridized carbons (Fsp3) is 0.111. The summed E-state index contributed by atoms with van der Waals surface area (Å²) in [6, 6.07) is 16.5. The zero-order chi connectivity index (χ0) is 27.0. The van der Waals surface area contributed by atoms with Gasteiger partial charge in [-0.15, -0.1) is 0 Å². The number of rotatable bonds is 5. The normalized spacial score (nSPS) is 12.8. The van der Waals surface area contributed by atoms with E-state index >= 15 is 0 Å². The smallest absolute Gasteiger partial charge is 0.416 e. The van der Waals surface area contributed by atoms with Crippen LogP contribution in [-0.2, 0) is 12.8 Å². The molecule has 0 spiro atoms. The van der Waals surface area contributed by atoms with Crippen LogP contribution in [0.4, 0.5) is 13.2 Å². The zero-order valence-corrected chi connectivity index (χ0v) is 20.7. The van der Waals surface area contributed by atoms with E-state index in [0.29, 0.717) is 32.7 Å². The number of hydrogen-bond acceptors (Lipinski definition) is 4. The lowest BCUT2D eigenvalue weighted by molar-refractivity contribution is -0.137. The number of aromatic amines is 1. The van der Waals surface area contributed by atoms with Crippen molar-refractivity contribution in [1.29, 1.82) is 0 Å². The molecular weight excluding hydrogens is 544 g/mol. The number of ether oxygens (including phenoxy) is 2. The molecule has 3 aromatic carbocycles. The van der Waals surface area contributed by atoms with Crippen molar-refractivity contribution in [2.24, 2.45) is 0 Å². The van der Waals surface area contributed by atoms with Crippen molar-refractivity contribution in [2.75, 3.05) is 0 Å². The van der Waals surface area contributed by atoms with Gasteiger partial charge in [-0.05, 0) is 54.6 Å². The number of aromatic nitrogens is 1. The summed E-state index contributed by atoms with van der Waals surface area (Å²) in [5.74, 6) is 0.215. The molecule has 6 nitrogen and oxygen atoms in total. The molecule has 0 unspecified atom stereocenters. The maximum absolute atomic E-state index is 13.1. The second-order valence-corrected chi connectivity index (χ2v) is 9.29. The molecule has 38 heavy (non-hydrogen) atoms. The van der Waals surface area contributed by atoms with Gasteiger partial charge in [-0.2, -0.15) is 13.2 Å². The minimum Gasteiger partial charge on any atom is -0.487 e. The molecule has 2 N–H and O–H groups in total. The van der Waals surface area contributed by atoms with Crippen LogP contribution in [0.3, 0.4) is 0 Å². The standard InChI is InChI=1S/C27H17Cl2F3N2O4/c28-15-4-7-19-22(11-15)38-23-12-16(29)5-8-20(23)24(19)34-26(36)21-9-6-17(33-25(21)35)13-37-18-3-1-2-14(10-18)27(30,31)32/h1-12,24H,13H2,(H,33,35)(H,34,36). The summed E-state index contributed by atoms with van der Waals surface area (Å²) in [5.41, 5.74) is -0.149. The van der Waals surface area contributed by atoms with Crippen LogP contribution < -0.4 is 20.3 Å². The lowest BCUT2D eigenvalue weighted by atomic mass is 9.94. The second-order valence-electron chi connectivity index (χ2n) is 8.41. The van der Waals surface area contributed by atoms with Gasteiger partial charge in [0.1, 0.15) is 29.4 Å². The molecule has 11 heteroatoms. The predicted octanol–water partition coefficient (Wildman–Crippen LogP) is 6.90. The maximum atomic E-state index is 13.1. The van der Waals surface area contributed by atoms with Crippen molar-refractivity contribution in [3.05, 3.63) is 121 Å². The van der Waals surface area contributed by atoms with Gasteiger partial charge < -0.3 is 19.8 Å². The van der Waals surface area contributed by atoms with Gasteiger partial charge in [0.15, 0.2) is 0 Å². The molecule has 2 heterocycles. The number of fused-ring (bicyclic) bond motifs is 2. The van der Waals surface area contributed by atoms with Gasteiger partial charge in [0.2, 0.25) is 0 Å². The predicted molar refractivity (Wildman–Crippen MR) is 135 cm³/mol. The molecule has 1 aliphatic rings. The number of alkyl halides is 3. The zero-order valence-electron chi connectivity index (χ0n) is 19.2. The van der Waals surface area contributed by atoms with Gasteiger partial charge in [-0.25, -0.2) is 0 Å². The fourth-order valence-electron chi connectivity index (χ4n) is 4.02. The van der Waals surface area contributed by atoms with Gasteiger partial charge in [0.25, 0.3) is 11.5 Å². The quantitative estimate of drug-likeness (QED) is 0.278. The van der Waals surface area contributed by atoms with Crippen molar-refractivity contribution in [3.8, 4) is 17.2 Å². The van der Waals surface area contributed by atoms with Crippen LogP contribution in [0.25, 0.3) is 0 Å². The minimum absolute atomic E-state index is 0.0143. The third-order valence-corrected chi connectivity index (χ3v) is 6.31. The van der Waals surface area contributed by atoms with Crippen LogP contribution in [0.5, 0.6) is 17.2 Å². The topological polar surface area (TPSA) is 80.4 Å². The van der Waals surface area contributed by atoms with E-state index < -0.39 is 29.2 Å². The van der Waals surface area contributed by atoms with Gasteiger partial charge >= 0.3 is 6.18 Å². The summed E-state index contributed by atoms with van der Waals surface area (Å²) in [6.07, 6.45) is -4.51. The Bertz CT molecular complexity index is 1550. The molecule has 1 aliphatic heterocycles. The molecule has 0 saturated heterocycles. The van der Waals surface area contributed by atoms with Crippen LogP contribution in [0.15, 0.2) is 77.6 Å². The summed E-state index contributed by atoms with van der Waals surface area (Å²) in [6.45, 7) is -0.208. The Hall–Kier alpha value is -3.95. The molecule has 1 aromatic heterocycles. The Kier molecular flexibility index (Phi) is 6.81. The number of H-pyrrole nitrogens is 1. The molecule has 0 atom stereocenters. The van der Waals surface area contributed by atoms with E-state index in [2.05, 4.69) is 10.3 Å². The fourth-order valence-corrected chi connectivity index (χ4v) is 4.35. The highest BCUT2D eigenvalue weighted by Gasteiger charge is 2.31. The van der Waals surface area contributed by atoms with E-state index in [0.717, 1.165) is 12.1 Å². The van der Waals surface area contributed by atoms with Crippen LogP contribution >= 0.6 is 23.2 Å². The van der Waals surface area contributed by atoms with Gasteiger partial charge in [-0.1, -0.05) is 41.4 Å². The Labute approximate surface area is 223 Å². The summed E-state index contributed by atoms with van der Waals surface area (Å²) < 4.78 is 50.1. The Morgan fingerprint density at radius 1 is 0.947 bits per heavy atom.